The van der Waals surface area contributed by atoms with Gasteiger partial charge in [-0.05, 0) is 24.2 Å². The van der Waals surface area contributed by atoms with E-state index in [2.05, 4.69) is 13.8 Å². The van der Waals surface area contributed by atoms with Crippen molar-refractivity contribution in [2.24, 2.45) is 0 Å². The molecule has 0 aliphatic carbocycles. The molecule has 0 aliphatic rings. The molecule has 0 saturated heterocycles. The smallest absolute Gasteiger partial charge is 0.270 e. The molecule has 0 rings (SSSR count). The van der Waals surface area contributed by atoms with Gasteiger partial charge in [0.1, 0.15) is 0 Å². The molecule has 0 fully saturated rings. The first-order valence-corrected chi connectivity index (χ1v) is 15.4. The fourth-order valence-electron chi connectivity index (χ4n) is 3.35. The second kappa shape index (κ2) is 16.1. The average Bonchev–Trinajstić information content (AvgIpc) is 2.58. The summed E-state index contributed by atoms with van der Waals surface area (Å²) in [7, 11) is -8.28. The molecule has 0 radical (unpaired) electrons. The van der Waals surface area contributed by atoms with Gasteiger partial charge in [-0.15, -0.1) is 0 Å². The molecule has 0 atom stereocenters. The van der Waals surface area contributed by atoms with Crippen molar-refractivity contribution < 1.29 is 16.4 Å². The van der Waals surface area contributed by atoms with E-state index in [1.54, 1.807) is 0 Å². The molecule has 26 heavy (non-hydrogen) atoms. The molecule has 0 heterocycles. The lowest BCUT2D eigenvalue weighted by molar-refractivity contribution is 0.536. The molecule has 0 aromatic heterocycles. The molecular formula is C20H42F4Si2. The zero-order valence-corrected chi connectivity index (χ0v) is 19.2. The Balaban J connectivity index is 3.66. The van der Waals surface area contributed by atoms with Gasteiger partial charge in [0, 0.05) is 0 Å². The standard InChI is InChI=1S/C20H42F4Si2/c1-3-5-7-9-11-13-17-25(21,22)19-15-16-20-26(23,24)18-14-12-10-8-6-4-2/h3-20H2,1-2H3. The lowest BCUT2D eigenvalue weighted by Gasteiger charge is -2.15. The summed E-state index contributed by atoms with van der Waals surface area (Å²) in [6.45, 7) is 4.28. The summed E-state index contributed by atoms with van der Waals surface area (Å²) < 4.78 is 55.7. The minimum absolute atomic E-state index is 0.0602. The molecule has 0 bridgehead atoms. The van der Waals surface area contributed by atoms with Gasteiger partial charge >= 0.3 is 17.5 Å². The van der Waals surface area contributed by atoms with Crippen LogP contribution in [0.15, 0.2) is 0 Å². The zero-order valence-electron chi connectivity index (χ0n) is 17.2. The van der Waals surface area contributed by atoms with Gasteiger partial charge in [-0.1, -0.05) is 104 Å². The average molecular weight is 415 g/mol. The lowest BCUT2D eigenvalue weighted by atomic mass is 10.1. The lowest BCUT2D eigenvalue weighted by Crippen LogP contribution is -2.24. The molecule has 6 heteroatoms. The van der Waals surface area contributed by atoms with E-state index in [-0.39, 0.29) is 24.2 Å². The SMILES string of the molecule is CCCCCCCC[Si](F)(F)CCCC[Si](F)(F)CCCCCCCC. The van der Waals surface area contributed by atoms with Crippen molar-refractivity contribution in [2.75, 3.05) is 0 Å². The van der Waals surface area contributed by atoms with Crippen LogP contribution in [0.2, 0.25) is 24.2 Å². The van der Waals surface area contributed by atoms with Crippen LogP contribution in [0.5, 0.6) is 0 Å². The van der Waals surface area contributed by atoms with Gasteiger partial charge in [0.15, 0.2) is 0 Å². The summed E-state index contributed by atoms with van der Waals surface area (Å²) in [6, 6.07) is -0.0394. The normalized spacial score (nSPS) is 12.7. The molecule has 0 aliphatic heterocycles. The van der Waals surface area contributed by atoms with E-state index in [1.165, 1.54) is 12.8 Å². The van der Waals surface area contributed by atoms with Crippen LogP contribution in [0, 0.1) is 0 Å². The second-order valence-corrected chi connectivity index (χ2v) is 13.4. The molecule has 0 spiro atoms. The van der Waals surface area contributed by atoms with Crippen LogP contribution in [-0.2, 0) is 0 Å². The first kappa shape index (κ1) is 26.2. The van der Waals surface area contributed by atoms with Gasteiger partial charge in [-0.25, -0.2) is 0 Å². The number of rotatable bonds is 19. The third-order valence-corrected chi connectivity index (χ3v) is 9.47. The van der Waals surface area contributed by atoms with Gasteiger partial charge in [-0.3, -0.25) is 16.4 Å². The van der Waals surface area contributed by atoms with Crippen LogP contribution in [0.4, 0.5) is 16.4 Å². The van der Waals surface area contributed by atoms with Gasteiger partial charge in [0.2, 0.25) is 0 Å². The molecule has 0 unspecified atom stereocenters. The van der Waals surface area contributed by atoms with Crippen LogP contribution >= 0.6 is 0 Å². The van der Waals surface area contributed by atoms with E-state index in [0.29, 0.717) is 25.7 Å². The van der Waals surface area contributed by atoms with Crippen molar-refractivity contribution >= 4 is 17.5 Å². The van der Waals surface area contributed by atoms with E-state index < -0.39 is 17.5 Å². The molecule has 0 amide bonds. The van der Waals surface area contributed by atoms with E-state index in [4.69, 9.17) is 0 Å². The summed E-state index contributed by atoms with van der Waals surface area (Å²) in [4.78, 5) is 0. The highest BCUT2D eigenvalue weighted by Crippen LogP contribution is 2.29. The Labute approximate surface area is 162 Å². The Bertz CT molecular complexity index is 282. The Morgan fingerprint density at radius 2 is 0.615 bits per heavy atom. The third-order valence-electron chi connectivity index (χ3n) is 5.13. The minimum Gasteiger partial charge on any atom is -0.270 e. The number of hydrogen-bond acceptors (Lipinski definition) is 0. The van der Waals surface area contributed by atoms with E-state index in [9.17, 15) is 16.4 Å². The monoisotopic (exact) mass is 414 g/mol. The number of hydrogen-bond donors (Lipinski definition) is 0. The van der Waals surface area contributed by atoms with Crippen LogP contribution < -0.4 is 0 Å². The zero-order chi connectivity index (χ0) is 19.7. The van der Waals surface area contributed by atoms with Crippen molar-refractivity contribution in [3.8, 4) is 0 Å². The Morgan fingerprint density at radius 1 is 0.385 bits per heavy atom. The quantitative estimate of drug-likeness (QED) is 0.0854. The summed E-state index contributed by atoms with van der Waals surface area (Å²) in [5.74, 6) is 0. The van der Waals surface area contributed by atoms with Crippen LogP contribution in [0.3, 0.4) is 0 Å². The fourth-order valence-corrected chi connectivity index (χ4v) is 6.91. The minimum atomic E-state index is -4.14. The van der Waals surface area contributed by atoms with Crippen molar-refractivity contribution in [2.45, 2.75) is 128 Å². The van der Waals surface area contributed by atoms with E-state index in [0.717, 1.165) is 51.4 Å². The Morgan fingerprint density at radius 3 is 0.923 bits per heavy atom. The largest absolute Gasteiger partial charge is 0.425 e. The predicted octanol–water partition coefficient (Wildman–Crippen LogP) is 9.25. The molecule has 158 valence electrons. The third kappa shape index (κ3) is 17.6. The topological polar surface area (TPSA) is 0 Å². The second-order valence-electron chi connectivity index (χ2n) is 7.95. The van der Waals surface area contributed by atoms with E-state index in [1.807, 2.05) is 0 Å². The first-order chi connectivity index (χ1) is 12.3. The summed E-state index contributed by atoms with van der Waals surface area (Å²) in [5, 5.41) is 0. The highest BCUT2D eigenvalue weighted by atomic mass is 28.4. The molecular weight excluding hydrogens is 372 g/mol. The maximum absolute atomic E-state index is 13.9. The fraction of sp³-hybridized carbons (Fsp3) is 1.00. The summed E-state index contributed by atoms with van der Waals surface area (Å²) in [6.07, 6.45) is 12.7. The highest BCUT2D eigenvalue weighted by Gasteiger charge is 2.36. The Hall–Kier alpha value is 0.154. The van der Waals surface area contributed by atoms with Crippen LogP contribution in [0.25, 0.3) is 0 Å². The number of unbranched alkanes of at least 4 members (excludes halogenated alkanes) is 11. The maximum Gasteiger partial charge on any atom is 0.425 e. The van der Waals surface area contributed by atoms with Crippen molar-refractivity contribution in [1.82, 2.24) is 0 Å². The van der Waals surface area contributed by atoms with Crippen LogP contribution in [0.1, 0.15) is 104 Å². The van der Waals surface area contributed by atoms with Gasteiger partial charge in [-0.2, -0.15) is 0 Å². The van der Waals surface area contributed by atoms with E-state index >= 15 is 0 Å². The maximum atomic E-state index is 13.9. The van der Waals surface area contributed by atoms with Gasteiger partial charge in [0.05, 0.1) is 0 Å². The molecule has 0 nitrogen and oxygen atoms in total. The molecule has 0 aromatic rings. The first-order valence-electron chi connectivity index (χ1n) is 11.1. The van der Waals surface area contributed by atoms with Gasteiger partial charge < -0.3 is 0 Å². The van der Waals surface area contributed by atoms with Gasteiger partial charge in [0.25, 0.3) is 0 Å². The summed E-state index contributed by atoms with van der Waals surface area (Å²) >= 11 is 0. The summed E-state index contributed by atoms with van der Waals surface area (Å²) in [5.41, 5.74) is 0. The van der Waals surface area contributed by atoms with Crippen molar-refractivity contribution in [1.29, 1.82) is 0 Å². The van der Waals surface area contributed by atoms with Crippen LogP contribution in [-0.4, -0.2) is 17.5 Å². The highest BCUT2D eigenvalue weighted by molar-refractivity contribution is 6.66. The Kier molecular flexibility index (Phi) is 16.2. The molecule has 0 aromatic carbocycles. The molecule has 0 N–H and O–H groups in total. The molecule has 0 saturated carbocycles. The van der Waals surface area contributed by atoms with Crippen molar-refractivity contribution in [3.63, 3.8) is 0 Å². The number of halogens is 4. The predicted molar refractivity (Wildman–Crippen MR) is 111 cm³/mol. The van der Waals surface area contributed by atoms with Crippen molar-refractivity contribution in [3.05, 3.63) is 0 Å².